The van der Waals surface area contributed by atoms with E-state index in [9.17, 15) is 4.39 Å². The molecule has 0 heterocycles. The van der Waals surface area contributed by atoms with E-state index in [1.807, 2.05) is 12.1 Å². The molecule has 0 saturated heterocycles. The fraction of sp³-hybridized carbons (Fsp3) is 0.400. The van der Waals surface area contributed by atoms with Crippen molar-refractivity contribution in [2.75, 3.05) is 13.1 Å². The lowest BCUT2D eigenvalue weighted by atomic mass is 9.95. The first-order valence-electron chi connectivity index (χ1n) is 8.27. The number of hydrogen-bond donors (Lipinski definition) is 1. The van der Waals surface area contributed by atoms with Gasteiger partial charge in [-0.3, -0.25) is 0 Å². The van der Waals surface area contributed by atoms with Crippen LogP contribution >= 0.6 is 0 Å². The maximum atomic E-state index is 13.0. The van der Waals surface area contributed by atoms with Gasteiger partial charge in [-0.05, 0) is 60.7 Å². The molecule has 0 saturated carbocycles. The van der Waals surface area contributed by atoms with Gasteiger partial charge in [0.2, 0.25) is 0 Å². The number of nitrogens with one attached hydrogen (secondary N) is 1. The maximum Gasteiger partial charge on any atom is 0.123 e. The van der Waals surface area contributed by atoms with Gasteiger partial charge < -0.3 is 5.32 Å². The van der Waals surface area contributed by atoms with Gasteiger partial charge in [-0.15, -0.1) is 0 Å². The maximum absolute atomic E-state index is 13.0. The number of unbranched alkanes of at least 4 members (excludes halogenated alkanes) is 1. The van der Waals surface area contributed by atoms with Gasteiger partial charge >= 0.3 is 0 Å². The molecule has 1 N–H and O–H groups in total. The summed E-state index contributed by atoms with van der Waals surface area (Å²) in [5.74, 6) is 0.362. The van der Waals surface area contributed by atoms with Crippen LogP contribution in [0.2, 0.25) is 0 Å². The average molecular weight is 299 g/mol. The van der Waals surface area contributed by atoms with Crippen molar-refractivity contribution < 1.29 is 4.39 Å². The lowest BCUT2D eigenvalue weighted by molar-refractivity contribution is 0.578. The monoisotopic (exact) mass is 299 g/mol. The molecule has 0 bridgehead atoms. The van der Waals surface area contributed by atoms with Crippen LogP contribution in [0.4, 0.5) is 4.39 Å². The molecule has 0 fully saturated rings. The molecular weight excluding hydrogens is 273 g/mol. The van der Waals surface area contributed by atoms with Crippen LogP contribution in [0.25, 0.3) is 11.1 Å². The number of rotatable bonds is 8. The molecule has 2 heteroatoms. The van der Waals surface area contributed by atoms with Gasteiger partial charge in [0.05, 0.1) is 0 Å². The molecule has 0 spiro atoms. The van der Waals surface area contributed by atoms with Gasteiger partial charge in [0.25, 0.3) is 0 Å². The van der Waals surface area contributed by atoms with Gasteiger partial charge in [-0.2, -0.15) is 0 Å². The highest BCUT2D eigenvalue weighted by Crippen LogP contribution is 2.24. The second-order valence-electron chi connectivity index (χ2n) is 5.92. The van der Waals surface area contributed by atoms with Crippen molar-refractivity contribution in [3.63, 3.8) is 0 Å². The molecule has 0 aliphatic rings. The minimum atomic E-state index is -0.190. The molecule has 1 atom stereocenters. The first kappa shape index (κ1) is 16.7. The molecule has 0 aromatic heterocycles. The van der Waals surface area contributed by atoms with E-state index >= 15 is 0 Å². The molecule has 0 aliphatic heterocycles. The summed E-state index contributed by atoms with van der Waals surface area (Å²) in [6.45, 7) is 6.68. The number of benzene rings is 2. The quantitative estimate of drug-likeness (QED) is 0.646. The fourth-order valence-corrected chi connectivity index (χ4v) is 2.56. The summed E-state index contributed by atoms with van der Waals surface area (Å²) >= 11 is 0. The van der Waals surface area contributed by atoms with Crippen LogP contribution in [0.3, 0.4) is 0 Å². The predicted octanol–water partition coefficient (Wildman–Crippen LogP) is 5.38. The Hall–Kier alpha value is -1.67. The predicted molar refractivity (Wildman–Crippen MR) is 92.6 cm³/mol. The van der Waals surface area contributed by atoms with Crippen LogP contribution in [0.15, 0.2) is 48.5 Å². The zero-order valence-corrected chi connectivity index (χ0v) is 13.6. The van der Waals surface area contributed by atoms with Gasteiger partial charge in [0.15, 0.2) is 0 Å². The van der Waals surface area contributed by atoms with E-state index in [0.29, 0.717) is 5.92 Å². The Morgan fingerprint density at radius 2 is 1.50 bits per heavy atom. The van der Waals surface area contributed by atoms with E-state index in [1.165, 1.54) is 30.5 Å². The fourth-order valence-electron chi connectivity index (χ4n) is 2.56. The third kappa shape index (κ3) is 4.96. The normalized spacial score (nSPS) is 12.3. The highest BCUT2D eigenvalue weighted by atomic mass is 19.1. The number of halogens is 1. The van der Waals surface area contributed by atoms with E-state index in [-0.39, 0.29) is 5.82 Å². The molecule has 1 unspecified atom stereocenters. The summed E-state index contributed by atoms with van der Waals surface area (Å²) in [6.07, 6.45) is 3.65. The standard InChI is InChI=1S/C20H26FN/c1-3-4-14-22-15-13-16(2)17-5-7-18(8-6-17)19-9-11-20(21)12-10-19/h5-12,16,22H,3-4,13-15H2,1-2H3. The molecule has 118 valence electrons. The molecule has 2 aromatic rings. The Bertz CT molecular complexity index is 545. The minimum Gasteiger partial charge on any atom is -0.317 e. The van der Waals surface area contributed by atoms with Gasteiger partial charge in [-0.25, -0.2) is 4.39 Å². The van der Waals surface area contributed by atoms with E-state index in [1.54, 1.807) is 0 Å². The summed E-state index contributed by atoms with van der Waals surface area (Å²) in [5, 5.41) is 3.49. The third-order valence-corrected chi connectivity index (χ3v) is 4.12. The Morgan fingerprint density at radius 1 is 0.909 bits per heavy atom. The van der Waals surface area contributed by atoms with Crippen molar-refractivity contribution in [2.45, 2.75) is 39.0 Å². The molecule has 2 aromatic carbocycles. The van der Waals surface area contributed by atoms with Gasteiger partial charge in [-0.1, -0.05) is 56.7 Å². The summed E-state index contributed by atoms with van der Waals surface area (Å²) in [7, 11) is 0. The van der Waals surface area contributed by atoms with Crippen LogP contribution in [0.1, 0.15) is 44.6 Å². The topological polar surface area (TPSA) is 12.0 Å². The Balaban J connectivity index is 1.89. The minimum absolute atomic E-state index is 0.190. The van der Waals surface area contributed by atoms with Crippen molar-refractivity contribution in [3.8, 4) is 11.1 Å². The first-order chi connectivity index (χ1) is 10.7. The molecule has 22 heavy (non-hydrogen) atoms. The van der Waals surface area contributed by atoms with Crippen molar-refractivity contribution in [2.24, 2.45) is 0 Å². The smallest absolute Gasteiger partial charge is 0.123 e. The van der Waals surface area contributed by atoms with E-state index in [2.05, 4.69) is 43.4 Å². The molecule has 2 rings (SSSR count). The van der Waals surface area contributed by atoms with E-state index < -0.39 is 0 Å². The summed E-state index contributed by atoms with van der Waals surface area (Å²) in [4.78, 5) is 0. The van der Waals surface area contributed by atoms with Crippen molar-refractivity contribution in [1.82, 2.24) is 5.32 Å². The van der Waals surface area contributed by atoms with Crippen LogP contribution < -0.4 is 5.32 Å². The Labute approximate surface area is 133 Å². The average Bonchev–Trinajstić information content (AvgIpc) is 2.55. The second kappa shape index (κ2) is 8.70. The van der Waals surface area contributed by atoms with Crippen LogP contribution in [0, 0.1) is 5.82 Å². The Morgan fingerprint density at radius 3 is 2.09 bits per heavy atom. The highest BCUT2D eigenvalue weighted by Gasteiger charge is 2.06. The zero-order chi connectivity index (χ0) is 15.8. The van der Waals surface area contributed by atoms with Crippen molar-refractivity contribution in [3.05, 3.63) is 59.9 Å². The third-order valence-electron chi connectivity index (χ3n) is 4.12. The summed E-state index contributed by atoms with van der Waals surface area (Å²) in [5.41, 5.74) is 3.56. The van der Waals surface area contributed by atoms with Crippen LogP contribution in [0.5, 0.6) is 0 Å². The molecule has 0 amide bonds. The molecule has 0 aliphatic carbocycles. The lowest BCUT2D eigenvalue weighted by Gasteiger charge is -2.13. The van der Waals surface area contributed by atoms with E-state index in [4.69, 9.17) is 0 Å². The van der Waals surface area contributed by atoms with E-state index in [0.717, 1.165) is 30.6 Å². The molecule has 1 nitrogen and oxygen atoms in total. The van der Waals surface area contributed by atoms with Gasteiger partial charge in [0.1, 0.15) is 5.82 Å². The molecular formula is C20H26FN. The van der Waals surface area contributed by atoms with Gasteiger partial charge in [0, 0.05) is 0 Å². The van der Waals surface area contributed by atoms with Crippen LogP contribution in [-0.4, -0.2) is 13.1 Å². The highest BCUT2D eigenvalue weighted by molar-refractivity contribution is 5.63. The first-order valence-corrected chi connectivity index (χ1v) is 8.27. The lowest BCUT2D eigenvalue weighted by Crippen LogP contribution is -2.18. The van der Waals surface area contributed by atoms with Crippen molar-refractivity contribution >= 4 is 0 Å². The Kier molecular flexibility index (Phi) is 6.60. The van der Waals surface area contributed by atoms with Crippen molar-refractivity contribution in [1.29, 1.82) is 0 Å². The largest absolute Gasteiger partial charge is 0.317 e. The SMILES string of the molecule is CCCCNCCC(C)c1ccc(-c2ccc(F)cc2)cc1. The van der Waals surface area contributed by atoms with Crippen LogP contribution in [-0.2, 0) is 0 Å². The summed E-state index contributed by atoms with van der Waals surface area (Å²) in [6, 6.07) is 15.3. The zero-order valence-electron chi connectivity index (χ0n) is 13.6. The molecule has 0 radical (unpaired) electrons. The number of hydrogen-bond acceptors (Lipinski definition) is 1. The summed E-state index contributed by atoms with van der Waals surface area (Å²) < 4.78 is 13.0. The second-order valence-corrected chi connectivity index (χ2v) is 5.92.